The summed E-state index contributed by atoms with van der Waals surface area (Å²) in [4.78, 5) is 38.5. The molecule has 0 saturated carbocycles. The van der Waals surface area contributed by atoms with Crippen molar-refractivity contribution in [3.05, 3.63) is 75.0 Å². The second-order valence-electron chi connectivity index (χ2n) is 7.46. The third-order valence-corrected chi connectivity index (χ3v) is 5.54. The summed E-state index contributed by atoms with van der Waals surface area (Å²) in [5.41, 5.74) is 2.67. The van der Waals surface area contributed by atoms with Crippen LogP contribution in [0.15, 0.2) is 53.7 Å². The predicted molar refractivity (Wildman–Crippen MR) is 107 cm³/mol. The fourth-order valence-electron chi connectivity index (χ4n) is 4.23. The number of nitro groups is 1. The number of hydrogen-bond acceptors (Lipinski definition) is 5. The van der Waals surface area contributed by atoms with Crippen molar-refractivity contribution in [3.8, 4) is 5.75 Å². The average Bonchev–Trinajstić information content (AvgIpc) is 2.68. The van der Waals surface area contributed by atoms with Crippen LogP contribution >= 0.6 is 0 Å². The SMILES string of the molecule is Cc1ccc(N2C(=O)CC(c3ccc(O)cc3)C3=C2CCCC3=O)c([N+](=O)[O-])c1. The maximum Gasteiger partial charge on any atom is 0.293 e. The Morgan fingerprint density at radius 3 is 2.52 bits per heavy atom. The first kappa shape index (κ1) is 18.9. The molecule has 148 valence electrons. The molecule has 0 fully saturated rings. The lowest BCUT2D eigenvalue weighted by atomic mass is 9.77. The molecular weight excluding hydrogens is 372 g/mol. The van der Waals surface area contributed by atoms with Gasteiger partial charge in [0.2, 0.25) is 5.91 Å². The van der Waals surface area contributed by atoms with Gasteiger partial charge in [-0.05, 0) is 49.1 Å². The highest BCUT2D eigenvalue weighted by molar-refractivity contribution is 6.08. The number of phenolic OH excluding ortho intramolecular Hbond substituents is 1. The smallest absolute Gasteiger partial charge is 0.293 e. The van der Waals surface area contributed by atoms with Crippen LogP contribution in [0.1, 0.15) is 42.7 Å². The lowest BCUT2D eigenvalue weighted by Crippen LogP contribution is -2.40. The maximum atomic E-state index is 13.2. The van der Waals surface area contributed by atoms with E-state index in [1.165, 1.54) is 23.1 Å². The van der Waals surface area contributed by atoms with Crippen LogP contribution in [-0.4, -0.2) is 21.7 Å². The summed E-state index contributed by atoms with van der Waals surface area (Å²) in [6.45, 7) is 1.75. The molecule has 1 aliphatic heterocycles. The zero-order chi connectivity index (χ0) is 20.7. The Morgan fingerprint density at radius 2 is 1.83 bits per heavy atom. The van der Waals surface area contributed by atoms with Gasteiger partial charge in [0.15, 0.2) is 5.78 Å². The van der Waals surface area contributed by atoms with E-state index in [4.69, 9.17) is 0 Å². The summed E-state index contributed by atoms with van der Waals surface area (Å²) in [6, 6.07) is 11.2. The monoisotopic (exact) mass is 392 g/mol. The molecule has 1 unspecified atom stereocenters. The van der Waals surface area contributed by atoms with Crippen LogP contribution in [0, 0.1) is 17.0 Å². The van der Waals surface area contributed by atoms with Gasteiger partial charge in [-0.3, -0.25) is 24.6 Å². The van der Waals surface area contributed by atoms with Gasteiger partial charge in [-0.2, -0.15) is 0 Å². The van der Waals surface area contributed by atoms with Crippen molar-refractivity contribution in [1.29, 1.82) is 0 Å². The molecule has 7 nitrogen and oxygen atoms in total. The Labute approximate surface area is 167 Å². The summed E-state index contributed by atoms with van der Waals surface area (Å²) in [7, 11) is 0. The van der Waals surface area contributed by atoms with E-state index in [1.807, 2.05) is 0 Å². The number of nitro benzene ring substituents is 1. The van der Waals surface area contributed by atoms with Crippen molar-refractivity contribution in [2.45, 2.75) is 38.5 Å². The number of aryl methyl sites for hydroxylation is 1. The highest BCUT2D eigenvalue weighted by atomic mass is 16.6. The van der Waals surface area contributed by atoms with Crippen molar-refractivity contribution < 1.29 is 19.6 Å². The average molecular weight is 392 g/mol. The van der Waals surface area contributed by atoms with E-state index in [9.17, 15) is 24.8 Å². The molecule has 29 heavy (non-hydrogen) atoms. The molecule has 0 radical (unpaired) electrons. The number of benzene rings is 2. The summed E-state index contributed by atoms with van der Waals surface area (Å²) >= 11 is 0. The molecule has 1 atom stereocenters. The molecule has 4 rings (SSSR count). The molecule has 0 saturated heterocycles. The first-order valence-electron chi connectivity index (χ1n) is 9.50. The van der Waals surface area contributed by atoms with Gasteiger partial charge in [0.25, 0.3) is 5.69 Å². The molecule has 2 aliphatic rings. The number of Topliss-reactive ketones (excluding diaryl/α,β-unsaturated/α-hetero) is 1. The number of nitrogens with zero attached hydrogens (tertiary/aromatic N) is 2. The van der Waals surface area contributed by atoms with E-state index in [2.05, 4.69) is 0 Å². The lowest BCUT2D eigenvalue weighted by molar-refractivity contribution is -0.384. The fourth-order valence-corrected chi connectivity index (χ4v) is 4.23. The van der Waals surface area contributed by atoms with Gasteiger partial charge in [0.05, 0.1) is 4.92 Å². The maximum absolute atomic E-state index is 13.2. The second-order valence-corrected chi connectivity index (χ2v) is 7.46. The molecule has 7 heteroatoms. The van der Waals surface area contributed by atoms with Crippen molar-refractivity contribution in [2.24, 2.45) is 0 Å². The van der Waals surface area contributed by atoms with Crippen LogP contribution in [0.4, 0.5) is 11.4 Å². The number of carbonyl (C=O) groups excluding carboxylic acids is 2. The topological polar surface area (TPSA) is 101 Å². The van der Waals surface area contributed by atoms with Crippen LogP contribution < -0.4 is 4.90 Å². The molecule has 2 aromatic carbocycles. The van der Waals surface area contributed by atoms with Crippen molar-refractivity contribution in [3.63, 3.8) is 0 Å². The molecule has 2 aromatic rings. The Morgan fingerprint density at radius 1 is 1.10 bits per heavy atom. The number of ketones is 1. The van der Waals surface area contributed by atoms with Crippen LogP contribution in [-0.2, 0) is 9.59 Å². The summed E-state index contributed by atoms with van der Waals surface area (Å²) in [5, 5.41) is 21.2. The number of allylic oxidation sites excluding steroid dienone is 2. The Hall–Kier alpha value is -3.48. The van der Waals surface area contributed by atoms with Crippen molar-refractivity contribution in [1.82, 2.24) is 0 Å². The molecule has 1 heterocycles. The minimum Gasteiger partial charge on any atom is -0.508 e. The van der Waals surface area contributed by atoms with Gasteiger partial charge in [-0.15, -0.1) is 0 Å². The fraction of sp³-hybridized carbons (Fsp3) is 0.273. The number of aromatic hydroxyl groups is 1. The van der Waals surface area contributed by atoms with Gasteiger partial charge in [-0.1, -0.05) is 18.2 Å². The quantitative estimate of drug-likeness (QED) is 0.625. The highest BCUT2D eigenvalue weighted by Crippen LogP contribution is 2.45. The number of phenols is 1. The number of rotatable bonds is 3. The molecule has 0 bridgehead atoms. The Kier molecular flexibility index (Phi) is 4.66. The highest BCUT2D eigenvalue weighted by Gasteiger charge is 2.41. The van der Waals surface area contributed by atoms with Gasteiger partial charge >= 0.3 is 0 Å². The van der Waals surface area contributed by atoms with E-state index < -0.39 is 10.8 Å². The predicted octanol–water partition coefficient (Wildman–Crippen LogP) is 4.14. The van der Waals surface area contributed by atoms with Crippen molar-refractivity contribution in [2.75, 3.05) is 4.90 Å². The van der Waals surface area contributed by atoms with Crippen LogP contribution in [0.25, 0.3) is 0 Å². The summed E-state index contributed by atoms with van der Waals surface area (Å²) < 4.78 is 0. The Balaban J connectivity index is 1.90. The normalized spacial score (nSPS) is 19.3. The van der Waals surface area contributed by atoms with Gasteiger partial charge < -0.3 is 5.11 Å². The standard InChI is InChI=1S/C22H20N2O5/c1-13-5-10-17(19(11-13)24(28)29)23-18-3-2-4-20(26)22(18)16(12-21(23)27)14-6-8-15(25)9-7-14/h5-11,16,25H,2-4,12H2,1H3. The van der Waals surface area contributed by atoms with Gasteiger partial charge in [0.1, 0.15) is 11.4 Å². The van der Waals surface area contributed by atoms with Crippen LogP contribution in [0.3, 0.4) is 0 Å². The van der Waals surface area contributed by atoms with E-state index >= 15 is 0 Å². The van der Waals surface area contributed by atoms with Crippen LogP contribution in [0.5, 0.6) is 5.75 Å². The van der Waals surface area contributed by atoms with E-state index in [0.29, 0.717) is 30.5 Å². The zero-order valence-corrected chi connectivity index (χ0v) is 15.9. The number of hydrogen-bond donors (Lipinski definition) is 1. The molecule has 0 aromatic heterocycles. The number of carbonyl (C=O) groups is 2. The molecular formula is C22H20N2O5. The minimum absolute atomic E-state index is 0.0309. The number of amides is 1. The molecule has 1 amide bonds. The molecule has 0 spiro atoms. The van der Waals surface area contributed by atoms with Gasteiger partial charge in [0, 0.05) is 36.1 Å². The van der Waals surface area contributed by atoms with E-state index in [1.54, 1.807) is 31.2 Å². The zero-order valence-electron chi connectivity index (χ0n) is 15.9. The summed E-state index contributed by atoms with van der Waals surface area (Å²) in [5.74, 6) is -0.608. The van der Waals surface area contributed by atoms with Crippen molar-refractivity contribution >= 4 is 23.1 Å². The molecule has 1 aliphatic carbocycles. The third-order valence-electron chi connectivity index (χ3n) is 5.54. The minimum atomic E-state index is -0.493. The largest absolute Gasteiger partial charge is 0.508 e. The first-order chi connectivity index (χ1) is 13.9. The second kappa shape index (κ2) is 7.16. The number of anilines is 1. The first-order valence-corrected chi connectivity index (χ1v) is 9.50. The van der Waals surface area contributed by atoms with E-state index in [-0.39, 0.29) is 35.2 Å². The van der Waals surface area contributed by atoms with E-state index in [0.717, 1.165) is 11.1 Å². The van der Waals surface area contributed by atoms with Gasteiger partial charge in [-0.25, -0.2) is 0 Å². The Bertz CT molecular complexity index is 1060. The molecule has 1 N–H and O–H groups in total. The summed E-state index contributed by atoms with van der Waals surface area (Å²) in [6.07, 6.45) is 1.54. The van der Waals surface area contributed by atoms with Crippen LogP contribution in [0.2, 0.25) is 0 Å². The lowest BCUT2D eigenvalue weighted by Gasteiger charge is -2.38. The third kappa shape index (κ3) is 3.29.